The second kappa shape index (κ2) is 10.7. The molecule has 0 aromatic rings. The van der Waals surface area contributed by atoms with Crippen LogP contribution in [-0.4, -0.2) is 11.6 Å². The molecule has 0 saturated carbocycles. The zero-order chi connectivity index (χ0) is 17.3. The summed E-state index contributed by atoms with van der Waals surface area (Å²) in [5.74, 6) is 2.64. The predicted octanol–water partition coefficient (Wildman–Crippen LogP) is 6.96. The van der Waals surface area contributed by atoms with Crippen molar-refractivity contribution in [1.29, 1.82) is 0 Å². The summed E-state index contributed by atoms with van der Waals surface area (Å²) in [6.45, 7) is 14.3. The molecule has 0 radical (unpaired) electrons. The smallest absolute Gasteiger partial charge is 0.0215 e. The van der Waals surface area contributed by atoms with Crippen molar-refractivity contribution in [3.8, 4) is 0 Å². The van der Waals surface area contributed by atoms with E-state index < -0.39 is 0 Å². The van der Waals surface area contributed by atoms with Crippen molar-refractivity contribution in [2.45, 2.75) is 124 Å². The molecule has 1 aliphatic rings. The standard InChI is InChI=1S/C22H45N/c1-7-11-15-22(16-12-8-2)20(17-18(5)6)19(13-9-3)21(23-22)14-10-4/h18-21,23H,7-17H2,1-6H3/t19?,20-,21-/m0/s1. The van der Waals surface area contributed by atoms with Gasteiger partial charge in [-0.15, -0.1) is 0 Å². The molecule has 0 aromatic heterocycles. The molecule has 1 fully saturated rings. The molecular formula is C22H45N. The zero-order valence-corrected chi connectivity index (χ0v) is 17.1. The Morgan fingerprint density at radius 1 is 0.826 bits per heavy atom. The summed E-state index contributed by atoms with van der Waals surface area (Å²) >= 11 is 0. The van der Waals surface area contributed by atoms with Crippen LogP contribution in [0.5, 0.6) is 0 Å². The molecule has 1 saturated heterocycles. The van der Waals surface area contributed by atoms with Gasteiger partial charge in [0.1, 0.15) is 0 Å². The van der Waals surface area contributed by atoms with Gasteiger partial charge >= 0.3 is 0 Å². The molecule has 0 bridgehead atoms. The van der Waals surface area contributed by atoms with Crippen molar-refractivity contribution < 1.29 is 0 Å². The third kappa shape index (κ3) is 5.76. The van der Waals surface area contributed by atoms with Crippen molar-refractivity contribution in [3.63, 3.8) is 0 Å². The third-order valence-electron chi connectivity index (χ3n) is 6.12. The van der Waals surface area contributed by atoms with Gasteiger partial charge in [-0.3, -0.25) is 0 Å². The third-order valence-corrected chi connectivity index (χ3v) is 6.12. The number of hydrogen-bond donors (Lipinski definition) is 1. The first-order valence-corrected chi connectivity index (χ1v) is 10.8. The van der Waals surface area contributed by atoms with E-state index in [1.165, 1.54) is 70.6 Å². The summed E-state index contributed by atoms with van der Waals surface area (Å²) in [5.41, 5.74) is 0.440. The van der Waals surface area contributed by atoms with E-state index in [0.717, 1.165) is 23.8 Å². The van der Waals surface area contributed by atoms with E-state index >= 15 is 0 Å². The highest BCUT2D eigenvalue weighted by atomic mass is 15.1. The maximum atomic E-state index is 4.27. The fourth-order valence-corrected chi connectivity index (χ4v) is 5.14. The lowest BCUT2D eigenvalue weighted by molar-refractivity contribution is 0.169. The van der Waals surface area contributed by atoms with Gasteiger partial charge in [0.05, 0.1) is 0 Å². The number of nitrogens with one attached hydrogen (secondary N) is 1. The Labute approximate surface area is 147 Å². The molecule has 1 rings (SSSR count). The molecule has 0 spiro atoms. The topological polar surface area (TPSA) is 12.0 Å². The van der Waals surface area contributed by atoms with Gasteiger partial charge in [0.2, 0.25) is 0 Å². The molecule has 1 unspecified atom stereocenters. The molecule has 3 atom stereocenters. The Bertz CT molecular complexity index is 288. The molecule has 1 aliphatic heterocycles. The van der Waals surface area contributed by atoms with Crippen LogP contribution in [0.25, 0.3) is 0 Å². The summed E-state index contributed by atoms with van der Waals surface area (Å²) in [4.78, 5) is 0. The van der Waals surface area contributed by atoms with E-state index in [0.29, 0.717) is 5.54 Å². The van der Waals surface area contributed by atoms with Crippen LogP contribution < -0.4 is 5.32 Å². The summed E-state index contributed by atoms with van der Waals surface area (Å²) < 4.78 is 0. The average Bonchev–Trinajstić information content (AvgIpc) is 2.78. The second-order valence-corrected chi connectivity index (χ2v) is 8.59. The summed E-state index contributed by atoms with van der Waals surface area (Å²) in [5, 5.41) is 4.27. The normalized spacial score (nSPS) is 27.0. The first-order valence-electron chi connectivity index (χ1n) is 10.8. The molecule has 1 heteroatoms. The highest BCUT2D eigenvalue weighted by Crippen LogP contribution is 2.47. The van der Waals surface area contributed by atoms with Crippen molar-refractivity contribution >= 4 is 0 Å². The molecule has 0 aliphatic carbocycles. The molecule has 1 nitrogen and oxygen atoms in total. The Kier molecular flexibility index (Phi) is 9.82. The number of hydrogen-bond acceptors (Lipinski definition) is 1. The van der Waals surface area contributed by atoms with Crippen LogP contribution in [0.1, 0.15) is 112 Å². The second-order valence-electron chi connectivity index (χ2n) is 8.59. The van der Waals surface area contributed by atoms with Gasteiger partial charge in [-0.25, -0.2) is 0 Å². The molecule has 0 aromatic carbocycles. The van der Waals surface area contributed by atoms with Crippen LogP contribution >= 0.6 is 0 Å². The van der Waals surface area contributed by atoms with E-state index in [2.05, 4.69) is 46.9 Å². The lowest BCUT2D eigenvalue weighted by Crippen LogP contribution is -2.47. The monoisotopic (exact) mass is 323 g/mol. The van der Waals surface area contributed by atoms with Crippen LogP contribution in [0.4, 0.5) is 0 Å². The Morgan fingerprint density at radius 2 is 1.39 bits per heavy atom. The minimum atomic E-state index is 0.440. The van der Waals surface area contributed by atoms with Crippen molar-refractivity contribution in [3.05, 3.63) is 0 Å². The van der Waals surface area contributed by atoms with E-state index in [1.54, 1.807) is 0 Å². The Balaban J connectivity index is 3.07. The first kappa shape index (κ1) is 21.0. The zero-order valence-electron chi connectivity index (χ0n) is 17.1. The number of rotatable bonds is 12. The molecule has 0 amide bonds. The van der Waals surface area contributed by atoms with Gasteiger partial charge in [-0.05, 0) is 49.9 Å². The van der Waals surface area contributed by atoms with E-state index in [-0.39, 0.29) is 0 Å². The maximum Gasteiger partial charge on any atom is 0.0215 e. The van der Waals surface area contributed by atoms with Crippen molar-refractivity contribution in [2.24, 2.45) is 17.8 Å². The van der Waals surface area contributed by atoms with E-state index in [9.17, 15) is 0 Å². The summed E-state index contributed by atoms with van der Waals surface area (Å²) in [7, 11) is 0. The highest BCUT2D eigenvalue weighted by molar-refractivity contribution is 5.07. The van der Waals surface area contributed by atoms with E-state index in [4.69, 9.17) is 0 Å². The molecule has 1 N–H and O–H groups in total. The maximum absolute atomic E-state index is 4.27. The highest BCUT2D eigenvalue weighted by Gasteiger charge is 2.50. The minimum absolute atomic E-state index is 0.440. The fraction of sp³-hybridized carbons (Fsp3) is 1.00. The van der Waals surface area contributed by atoms with Crippen LogP contribution in [0.3, 0.4) is 0 Å². The summed E-state index contributed by atoms with van der Waals surface area (Å²) in [6.07, 6.45) is 15.2. The molecule has 1 heterocycles. The molecule has 138 valence electrons. The van der Waals surface area contributed by atoms with Gasteiger partial charge in [-0.2, -0.15) is 0 Å². The quantitative estimate of drug-likeness (QED) is 0.409. The largest absolute Gasteiger partial charge is 0.308 e. The van der Waals surface area contributed by atoms with Crippen LogP contribution in [0.15, 0.2) is 0 Å². The van der Waals surface area contributed by atoms with Crippen molar-refractivity contribution in [2.75, 3.05) is 0 Å². The van der Waals surface area contributed by atoms with Gasteiger partial charge < -0.3 is 5.32 Å². The average molecular weight is 324 g/mol. The fourth-order valence-electron chi connectivity index (χ4n) is 5.14. The minimum Gasteiger partial charge on any atom is -0.308 e. The van der Waals surface area contributed by atoms with Crippen LogP contribution in [-0.2, 0) is 0 Å². The predicted molar refractivity (Wildman–Crippen MR) is 105 cm³/mol. The molecular weight excluding hydrogens is 278 g/mol. The summed E-state index contributed by atoms with van der Waals surface area (Å²) in [6, 6.07) is 0.775. The van der Waals surface area contributed by atoms with Crippen LogP contribution in [0.2, 0.25) is 0 Å². The van der Waals surface area contributed by atoms with E-state index in [1.807, 2.05) is 0 Å². The van der Waals surface area contributed by atoms with Crippen molar-refractivity contribution in [1.82, 2.24) is 5.32 Å². The lowest BCUT2D eigenvalue weighted by atomic mass is 9.69. The van der Waals surface area contributed by atoms with Crippen LogP contribution in [0, 0.1) is 17.8 Å². The molecule has 23 heavy (non-hydrogen) atoms. The SMILES string of the molecule is CCCCC1(CCCC)N[C@@H](CCC)C(CCC)[C@@H]1CC(C)C. The first-order chi connectivity index (χ1) is 11.0. The number of unbranched alkanes of at least 4 members (excludes halogenated alkanes) is 2. The van der Waals surface area contributed by atoms with Gasteiger partial charge in [-0.1, -0.05) is 80.1 Å². The van der Waals surface area contributed by atoms with Gasteiger partial charge in [0.15, 0.2) is 0 Å². The Morgan fingerprint density at radius 3 is 1.83 bits per heavy atom. The van der Waals surface area contributed by atoms with Gasteiger partial charge in [0.25, 0.3) is 0 Å². The lowest BCUT2D eigenvalue weighted by Gasteiger charge is -2.39. The Hall–Kier alpha value is -0.0400. The van der Waals surface area contributed by atoms with Gasteiger partial charge in [0, 0.05) is 11.6 Å².